The molecule has 0 atom stereocenters. The zero-order chi connectivity index (χ0) is 12.7. The zero-order valence-corrected chi connectivity index (χ0v) is 11.0. The standard InChI is InChI=1S/C13H24N2O2/c1-11(2)6-7-14-12(16)10-13(17)15-8-4-3-5-9-15/h11H,3-10H2,1-2H3,(H,14,16). The van der Waals surface area contributed by atoms with E-state index in [0.29, 0.717) is 12.5 Å². The molecule has 0 unspecified atom stereocenters. The van der Waals surface area contributed by atoms with E-state index in [-0.39, 0.29) is 18.2 Å². The fraction of sp³-hybridized carbons (Fsp3) is 0.846. The van der Waals surface area contributed by atoms with Gasteiger partial charge in [-0.1, -0.05) is 13.8 Å². The van der Waals surface area contributed by atoms with E-state index in [1.165, 1.54) is 6.42 Å². The maximum absolute atomic E-state index is 11.8. The van der Waals surface area contributed by atoms with Crippen LogP contribution < -0.4 is 5.32 Å². The number of nitrogens with zero attached hydrogens (tertiary/aromatic N) is 1. The van der Waals surface area contributed by atoms with E-state index >= 15 is 0 Å². The van der Waals surface area contributed by atoms with E-state index in [1.54, 1.807) is 0 Å². The maximum Gasteiger partial charge on any atom is 0.232 e. The second-order valence-corrected chi connectivity index (χ2v) is 5.15. The van der Waals surface area contributed by atoms with Crippen LogP contribution in [0.5, 0.6) is 0 Å². The molecule has 1 heterocycles. The van der Waals surface area contributed by atoms with Gasteiger partial charge in [-0.05, 0) is 31.6 Å². The van der Waals surface area contributed by atoms with Crippen LogP contribution in [0.1, 0.15) is 46.0 Å². The van der Waals surface area contributed by atoms with Gasteiger partial charge in [-0.2, -0.15) is 0 Å². The lowest BCUT2D eigenvalue weighted by molar-refractivity contribution is -0.136. The summed E-state index contributed by atoms with van der Waals surface area (Å²) in [5, 5.41) is 2.80. The molecule has 0 aromatic rings. The molecule has 17 heavy (non-hydrogen) atoms. The molecule has 0 aliphatic carbocycles. The van der Waals surface area contributed by atoms with Gasteiger partial charge in [0.15, 0.2) is 0 Å². The minimum atomic E-state index is -0.138. The number of carbonyl (C=O) groups is 2. The van der Waals surface area contributed by atoms with Crippen molar-refractivity contribution < 1.29 is 9.59 Å². The SMILES string of the molecule is CC(C)CCNC(=O)CC(=O)N1CCCCC1. The van der Waals surface area contributed by atoms with Crippen LogP contribution in [-0.2, 0) is 9.59 Å². The number of rotatable bonds is 5. The minimum absolute atomic E-state index is 0.0120. The number of amides is 2. The van der Waals surface area contributed by atoms with E-state index in [0.717, 1.165) is 32.4 Å². The molecule has 1 aliphatic heterocycles. The number of hydrogen-bond donors (Lipinski definition) is 1. The third kappa shape index (κ3) is 5.71. The average molecular weight is 240 g/mol. The van der Waals surface area contributed by atoms with Crippen molar-refractivity contribution in [2.24, 2.45) is 5.92 Å². The summed E-state index contributed by atoms with van der Waals surface area (Å²) in [5.74, 6) is 0.418. The number of nitrogens with one attached hydrogen (secondary N) is 1. The van der Waals surface area contributed by atoms with Crippen LogP contribution in [0.2, 0.25) is 0 Å². The predicted molar refractivity (Wildman–Crippen MR) is 67.5 cm³/mol. The van der Waals surface area contributed by atoms with Crippen molar-refractivity contribution >= 4 is 11.8 Å². The molecule has 0 radical (unpaired) electrons. The minimum Gasteiger partial charge on any atom is -0.356 e. The van der Waals surface area contributed by atoms with Crippen LogP contribution in [0.4, 0.5) is 0 Å². The highest BCUT2D eigenvalue weighted by Gasteiger charge is 2.18. The molecule has 1 aliphatic rings. The zero-order valence-electron chi connectivity index (χ0n) is 11.0. The molecule has 1 saturated heterocycles. The van der Waals surface area contributed by atoms with Crippen LogP contribution in [0.3, 0.4) is 0 Å². The van der Waals surface area contributed by atoms with Gasteiger partial charge in [-0.25, -0.2) is 0 Å². The van der Waals surface area contributed by atoms with Crippen molar-refractivity contribution in [2.45, 2.75) is 46.0 Å². The van der Waals surface area contributed by atoms with Gasteiger partial charge in [0.1, 0.15) is 6.42 Å². The smallest absolute Gasteiger partial charge is 0.232 e. The summed E-state index contributed by atoms with van der Waals surface area (Å²) in [7, 11) is 0. The first-order valence-corrected chi connectivity index (χ1v) is 6.64. The van der Waals surface area contributed by atoms with Gasteiger partial charge < -0.3 is 10.2 Å². The quantitative estimate of drug-likeness (QED) is 0.741. The number of piperidine rings is 1. The molecule has 4 nitrogen and oxygen atoms in total. The maximum atomic E-state index is 11.8. The number of carbonyl (C=O) groups excluding carboxylic acids is 2. The third-order valence-electron chi connectivity index (χ3n) is 3.06. The van der Waals surface area contributed by atoms with E-state index in [1.807, 2.05) is 4.90 Å². The Kier molecular flexibility index (Phi) is 6.01. The molecule has 0 aromatic heterocycles. The highest BCUT2D eigenvalue weighted by atomic mass is 16.2. The van der Waals surface area contributed by atoms with Crippen molar-refractivity contribution in [3.63, 3.8) is 0 Å². The van der Waals surface area contributed by atoms with Crippen LogP contribution in [-0.4, -0.2) is 36.3 Å². The monoisotopic (exact) mass is 240 g/mol. The lowest BCUT2D eigenvalue weighted by Crippen LogP contribution is -2.39. The summed E-state index contributed by atoms with van der Waals surface area (Å²) in [6, 6.07) is 0. The van der Waals surface area contributed by atoms with Gasteiger partial charge in [0.05, 0.1) is 0 Å². The van der Waals surface area contributed by atoms with Gasteiger partial charge in [0.2, 0.25) is 11.8 Å². The van der Waals surface area contributed by atoms with Crippen LogP contribution in [0.25, 0.3) is 0 Å². The summed E-state index contributed by atoms with van der Waals surface area (Å²) in [5.41, 5.74) is 0. The van der Waals surface area contributed by atoms with Crippen LogP contribution in [0.15, 0.2) is 0 Å². The first-order valence-electron chi connectivity index (χ1n) is 6.64. The summed E-state index contributed by atoms with van der Waals surface area (Å²) in [4.78, 5) is 25.1. The van der Waals surface area contributed by atoms with Crippen molar-refractivity contribution in [1.29, 1.82) is 0 Å². The van der Waals surface area contributed by atoms with Crippen LogP contribution in [0, 0.1) is 5.92 Å². The topological polar surface area (TPSA) is 49.4 Å². The van der Waals surface area contributed by atoms with E-state index in [2.05, 4.69) is 19.2 Å². The highest BCUT2D eigenvalue weighted by molar-refractivity contribution is 5.96. The molecule has 2 amide bonds. The lowest BCUT2D eigenvalue weighted by Gasteiger charge is -2.26. The Morgan fingerprint density at radius 3 is 2.41 bits per heavy atom. The first kappa shape index (κ1) is 14.0. The summed E-state index contributed by atoms with van der Waals surface area (Å²) < 4.78 is 0. The van der Waals surface area contributed by atoms with Crippen molar-refractivity contribution in [3.05, 3.63) is 0 Å². The lowest BCUT2D eigenvalue weighted by atomic mass is 10.1. The normalized spacial score (nSPS) is 16.1. The summed E-state index contributed by atoms with van der Waals surface area (Å²) in [6.07, 6.45) is 4.31. The molecule has 1 fully saturated rings. The number of likely N-dealkylation sites (tertiary alicyclic amines) is 1. The molecule has 0 spiro atoms. The molecular weight excluding hydrogens is 216 g/mol. The number of hydrogen-bond acceptors (Lipinski definition) is 2. The molecule has 0 bridgehead atoms. The van der Waals surface area contributed by atoms with Gasteiger partial charge in [0, 0.05) is 19.6 Å². The fourth-order valence-electron chi connectivity index (χ4n) is 1.96. The van der Waals surface area contributed by atoms with Gasteiger partial charge >= 0.3 is 0 Å². The van der Waals surface area contributed by atoms with E-state index in [9.17, 15) is 9.59 Å². The van der Waals surface area contributed by atoms with E-state index in [4.69, 9.17) is 0 Å². The molecule has 0 aromatic carbocycles. The van der Waals surface area contributed by atoms with E-state index < -0.39 is 0 Å². The Hall–Kier alpha value is -1.06. The predicted octanol–water partition coefficient (Wildman–Crippen LogP) is 1.55. The van der Waals surface area contributed by atoms with Gasteiger partial charge in [0.25, 0.3) is 0 Å². The van der Waals surface area contributed by atoms with Crippen LogP contribution >= 0.6 is 0 Å². The second-order valence-electron chi connectivity index (χ2n) is 5.15. The molecule has 4 heteroatoms. The summed E-state index contributed by atoms with van der Waals surface area (Å²) >= 11 is 0. The first-order chi connectivity index (χ1) is 8.09. The molecule has 1 N–H and O–H groups in total. The average Bonchev–Trinajstić information content (AvgIpc) is 2.29. The largest absolute Gasteiger partial charge is 0.356 e. The van der Waals surface area contributed by atoms with Crippen molar-refractivity contribution in [3.8, 4) is 0 Å². The van der Waals surface area contributed by atoms with Gasteiger partial charge in [-0.15, -0.1) is 0 Å². The Morgan fingerprint density at radius 2 is 1.82 bits per heavy atom. The van der Waals surface area contributed by atoms with Gasteiger partial charge in [-0.3, -0.25) is 9.59 Å². The summed E-state index contributed by atoms with van der Waals surface area (Å²) in [6.45, 7) is 6.54. The molecule has 0 saturated carbocycles. The molecule has 98 valence electrons. The Morgan fingerprint density at radius 1 is 1.18 bits per heavy atom. The Labute approximate surface area is 104 Å². The third-order valence-corrected chi connectivity index (χ3v) is 3.06. The van der Waals surface area contributed by atoms with Crippen molar-refractivity contribution in [1.82, 2.24) is 10.2 Å². The fourth-order valence-corrected chi connectivity index (χ4v) is 1.96. The Balaban J connectivity index is 2.18. The molecule has 1 rings (SSSR count). The molecular formula is C13H24N2O2. The highest BCUT2D eigenvalue weighted by Crippen LogP contribution is 2.09. The Bertz CT molecular complexity index is 258. The second kappa shape index (κ2) is 7.30. The van der Waals surface area contributed by atoms with Crippen molar-refractivity contribution in [2.75, 3.05) is 19.6 Å².